The maximum Gasteiger partial charge on any atom is 0.255 e. The summed E-state index contributed by atoms with van der Waals surface area (Å²) in [5, 5.41) is 55.0. The van der Waals surface area contributed by atoms with E-state index in [9.17, 15) is 39.9 Å². The summed E-state index contributed by atoms with van der Waals surface area (Å²) in [5.41, 5.74) is 1.22. The molecule has 12 heteroatoms. The summed E-state index contributed by atoms with van der Waals surface area (Å²) in [7, 11) is 0. The largest absolute Gasteiger partial charge is 0.508 e. The number of ether oxygens (including phenoxy) is 1. The van der Waals surface area contributed by atoms with Crippen molar-refractivity contribution in [3.05, 3.63) is 40.2 Å². The zero-order valence-electron chi connectivity index (χ0n) is 18.6. The molecule has 5 atom stereocenters. The number of aliphatic hydroxyl groups excluding tert-OH is 3. The number of thioether (sulfide) groups is 1. The number of aromatic hydroxyl groups is 1. The molecule has 4 rings (SSSR count). The van der Waals surface area contributed by atoms with E-state index in [4.69, 9.17) is 22.7 Å². The fraction of sp³-hybridized carbons (Fsp3) is 0.391. The van der Waals surface area contributed by atoms with Crippen LogP contribution in [0.25, 0.3) is 5.76 Å². The number of fused-ring (bicyclic) bond motifs is 3. The van der Waals surface area contributed by atoms with Crippen molar-refractivity contribution in [1.82, 2.24) is 0 Å². The van der Waals surface area contributed by atoms with E-state index >= 15 is 0 Å². The molecule has 1 aromatic rings. The predicted octanol–water partition coefficient (Wildman–Crippen LogP) is 1.37. The Balaban J connectivity index is 1.96. The molecule has 0 saturated heterocycles. The molecule has 0 radical (unpaired) electrons. The number of ketones is 2. The van der Waals surface area contributed by atoms with E-state index in [-0.39, 0.29) is 15.7 Å². The minimum absolute atomic E-state index is 0.0962. The van der Waals surface area contributed by atoms with Crippen LogP contribution < -0.4 is 5.73 Å². The number of hydrogen-bond donors (Lipinski definition) is 6. The van der Waals surface area contributed by atoms with Crippen molar-refractivity contribution < 1.29 is 44.7 Å². The number of phenolic OH excluding ortho intramolecular Hbond substituents is 1. The van der Waals surface area contributed by atoms with Gasteiger partial charge in [-0.15, -0.1) is 0 Å². The molecule has 2 unspecified atom stereocenters. The van der Waals surface area contributed by atoms with Gasteiger partial charge in [0.1, 0.15) is 22.8 Å². The molecule has 10 nitrogen and oxygen atoms in total. The van der Waals surface area contributed by atoms with Crippen LogP contribution in [0.5, 0.6) is 5.75 Å². The van der Waals surface area contributed by atoms with E-state index in [1.807, 2.05) is 0 Å². The number of aliphatic hydroxyl groups is 4. The second kappa shape index (κ2) is 8.63. The van der Waals surface area contributed by atoms with Gasteiger partial charge >= 0.3 is 0 Å². The maximum atomic E-state index is 13.6. The van der Waals surface area contributed by atoms with Gasteiger partial charge in [-0.05, 0) is 54.5 Å². The lowest BCUT2D eigenvalue weighted by atomic mass is 9.55. The van der Waals surface area contributed by atoms with Crippen LogP contribution in [-0.4, -0.2) is 65.7 Å². The lowest BCUT2D eigenvalue weighted by molar-refractivity contribution is -0.160. The zero-order chi connectivity index (χ0) is 26.0. The van der Waals surface area contributed by atoms with Gasteiger partial charge in [-0.2, -0.15) is 0 Å². The minimum atomic E-state index is -2.87. The third kappa shape index (κ3) is 3.46. The third-order valence-electron chi connectivity index (χ3n) is 6.89. The summed E-state index contributed by atoms with van der Waals surface area (Å²) in [5.74, 6) is -9.12. The Labute approximate surface area is 209 Å². The smallest absolute Gasteiger partial charge is 0.255 e. The topological polar surface area (TPSA) is 188 Å². The van der Waals surface area contributed by atoms with Crippen LogP contribution in [0.2, 0.25) is 0 Å². The Hall–Kier alpha value is -2.93. The van der Waals surface area contributed by atoms with E-state index in [2.05, 4.69) is 0 Å². The number of thiocarbonyl (C=S) groups is 1. The van der Waals surface area contributed by atoms with Crippen molar-refractivity contribution in [2.45, 2.75) is 42.8 Å². The molecule has 0 heterocycles. The van der Waals surface area contributed by atoms with E-state index < -0.39 is 76.0 Å². The van der Waals surface area contributed by atoms with Crippen molar-refractivity contribution >= 4 is 51.6 Å². The molecular weight excluding hydrogens is 498 g/mol. The highest BCUT2D eigenvalue weighted by molar-refractivity contribution is 8.22. The molecule has 0 aliphatic heterocycles. The second-order valence-corrected chi connectivity index (χ2v) is 10.3. The standard InChI is InChI=1S/C23H23NO9S2/c1-3-33-22(34)35-11-5-4-9(25)14-12(11)7(2)13-16(18(14)28)20(30)23(32)8(17(13)27)6-10(26)15(19(23)29)21(24)31/h4-5,7-8,13,17,25,27-29,32H,3,6H2,1-2H3,(H2,24,31)/t7?,8-,13-,17?,23-/m1/s1. The van der Waals surface area contributed by atoms with E-state index in [1.165, 1.54) is 6.07 Å². The first-order valence-corrected chi connectivity index (χ1v) is 12.0. The molecule has 0 aromatic heterocycles. The normalized spacial score (nSPS) is 29.9. The molecule has 186 valence electrons. The number of primary amides is 1. The molecule has 1 amide bonds. The fourth-order valence-corrected chi connectivity index (χ4v) is 6.64. The molecule has 1 aromatic carbocycles. The number of nitrogens with two attached hydrogens (primary N) is 1. The quantitative estimate of drug-likeness (QED) is 0.191. The van der Waals surface area contributed by atoms with Gasteiger partial charge in [0.2, 0.25) is 10.2 Å². The highest BCUT2D eigenvalue weighted by Gasteiger charge is 2.65. The first-order valence-electron chi connectivity index (χ1n) is 10.7. The van der Waals surface area contributed by atoms with E-state index in [1.54, 1.807) is 19.9 Å². The average molecular weight is 522 g/mol. The monoisotopic (exact) mass is 521 g/mol. The van der Waals surface area contributed by atoms with Gasteiger partial charge in [0.25, 0.3) is 5.91 Å². The van der Waals surface area contributed by atoms with Crippen LogP contribution in [0.15, 0.2) is 33.9 Å². The highest BCUT2D eigenvalue weighted by Crippen LogP contribution is 2.57. The average Bonchev–Trinajstić information content (AvgIpc) is 2.77. The van der Waals surface area contributed by atoms with Gasteiger partial charge in [-0.25, -0.2) is 0 Å². The molecule has 3 aliphatic rings. The molecule has 1 saturated carbocycles. The van der Waals surface area contributed by atoms with Crippen molar-refractivity contribution in [3.63, 3.8) is 0 Å². The summed E-state index contributed by atoms with van der Waals surface area (Å²) in [4.78, 5) is 38.4. The fourth-order valence-electron chi connectivity index (χ4n) is 5.36. The van der Waals surface area contributed by atoms with Crippen LogP contribution in [-0.2, 0) is 19.1 Å². The number of carbonyl (C=O) groups is 3. The Morgan fingerprint density at radius 2 is 1.94 bits per heavy atom. The molecule has 0 bridgehead atoms. The van der Waals surface area contributed by atoms with Gasteiger partial charge in [-0.3, -0.25) is 14.4 Å². The Kier molecular flexibility index (Phi) is 6.20. The van der Waals surface area contributed by atoms with Crippen molar-refractivity contribution in [2.75, 3.05) is 6.61 Å². The van der Waals surface area contributed by atoms with E-state index in [0.717, 1.165) is 11.8 Å². The molecule has 3 aliphatic carbocycles. The molecule has 35 heavy (non-hydrogen) atoms. The van der Waals surface area contributed by atoms with Crippen LogP contribution in [0.3, 0.4) is 0 Å². The summed E-state index contributed by atoms with van der Waals surface area (Å²) < 4.78 is 5.51. The van der Waals surface area contributed by atoms with Crippen molar-refractivity contribution in [3.8, 4) is 5.75 Å². The molecule has 7 N–H and O–H groups in total. The number of Topliss-reactive ketones (excluding diaryl/α,β-unsaturated/α-hetero) is 2. The van der Waals surface area contributed by atoms with E-state index in [0.29, 0.717) is 17.1 Å². The summed E-state index contributed by atoms with van der Waals surface area (Å²) in [6, 6.07) is 2.85. The first-order chi connectivity index (χ1) is 16.4. The summed E-state index contributed by atoms with van der Waals surface area (Å²) in [6.07, 6.45) is -2.23. The number of amides is 1. The number of phenols is 1. The summed E-state index contributed by atoms with van der Waals surface area (Å²) in [6.45, 7) is 3.73. The highest BCUT2D eigenvalue weighted by atomic mass is 32.2. The Morgan fingerprint density at radius 3 is 2.54 bits per heavy atom. The minimum Gasteiger partial charge on any atom is -0.508 e. The van der Waals surface area contributed by atoms with Gasteiger partial charge < -0.3 is 36.0 Å². The Morgan fingerprint density at radius 1 is 1.29 bits per heavy atom. The number of benzene rings is 1. The predicted molar refractivity (Wildman–Crippen MR) is 128 cm³/mol. The third-order valence-corrected chi connectivity index (χ3v) is 8.12. The number of rotatable bonds is 3. The lowest BCUT2D eigenvalue weighted by Crippen LogP contribution is -2.63. The van der Waals surface area contributed by atoms with Crippen LogP contribution >= 0.6 is 24.0 Å². The first kappa shape index (κ1) is 25.2. The lowest BCUT2D eigenvalue weighted by Gasteiger charge is -2.50. The zero-order valence-corrected chi connectivity index (χ0v) is 20.3. The van der Waals surface area contributed by atoms with Crippen LogP contribution in [0.1, 0.15) is 37.3 Å². The van der Waals surface area contributed by atoms with Crippen LogP contribution in [0.4, 0.5) is 0 Å². The molecular formula is C23H23NO9S2. The van der Waals surface area contributed by atoms with Gasteiger partial charge in [0, 0.05) is 28.7 Å². The van der Waals surface area contributed by atoms with Gasteiger partial charge in [0.15, 0.2) is 11.4 Å². The van der Waals surface area contributed by atoms with Crippen molar-refractivity contribution in [2.24, 2.45) is 17.6 Å². The summed E-state index contributed by atoms with van der Waals surface area (Å²) >= 11 is 6.27. The SMILES string of the molecule is CCOC(=S)Sc1ccc(O)c2c1C(C)[C@@H]1C(=C2O)C(=O)[C@]2(O)C(O)=C(C(N)=O)C(=O)C[C@@H]2C1O. The number of carbonyl (C=O) groups excluding carboxylic acids is 3. The van der Waals surface area contributed by atoms with Crippen molar-refractivity contribution in [1.29, 1.82) is 0 Å². The molecule has 0 spiro atoms. The van der Waals surface area contributed by atoms with Crippen LogP contribution in [0, 0.1) is 11.8 Å². The second-order valence-electron chi connectivity index (χ2n) is 8.64. The van der Waals surface area contributed by atoms with Gasteiger partial charge in [-0.1, -0.05) is 6.92 Å². The maximum absolute atomic E-state index is 13.6. The number of hydrogen-bond acceptors (Lipinski definition) is 11. The Bertz CT molecular complexity index is 1250. The molecule has 1 fully saturated rings. The van der Waals surface area contributed by atoms with Gasteiger partial charge in [0.05, 0.1) is 18.3 Å².